The van der Waals surface area contributed by atoms with Gasteiger partial charge in [-0.1, -0.05) is 25.5 Å². The molecule has 2 aromatic rings. The summed E-state index contributed by atoms with van der Waals surface area (Å²) in [5.41, 5.74) is 1.57. The van der Waals surface area contributed by atoms with Crippen LogP contribution in [0.5, 0.6) is 0 Å². The Kier molecular flexibility index (Phi) is 8.72. The van der Waals surface area contributed by atoms with Crippen molar-refractivity contribution in [2.24, 2.45) is 0 Å². The fourth-order valence-electron chi connectivity index (χ4n) is 3.69. The number of aryl methyl sites for hydroxylation is 3. The van der Waals surface area contributed by atoms with Crippen molar-refractivity contribution in [3.63, 3.8) is 0 Å². The zero-order valence-corrected chi connectivity index (χ0v) is 20.8. The predicted octanol–water partition coefficient (Wildman–Crippen LogP) is 1.45. The molecule has 34 heavy (non-hydrogen) atoms. The highest BCUT2D eigenvalue weighted by Crippen LogP contribution is 2.22. The number of nitrogens with zero attached hydrogens (tertiary/aromatic N) is 6. The van der Waals surface area contributed by atoms with Crippen molar-refractivity contribution in [1.29, 1.82) is 0 Å². The quantitative estimate of drug-likeness (QED) is 0.456. The van der Waals surface area contributed by atoms with Crippen LogP contribution in [0, 0.1) is 13.8 Å². The standard InChI is InChI=1S/C22H32N6O5S/c1-4-5-10-28-20(23-24-25-28)16-33-22(30)9-8-21(29)26-11-13-27(14-12-26)34(31,32)19-15-17(2)6-7-18(19)3/h6-7,15H,4-5,8-14,16H2,1-3H3. The number of hydrogen-bond donors (Lipinski definition) is 0. The molecule has 1 amide bonds. The lowest BCUT2D eigenvalue weighted by Crippen LogP contribution is -2.50. The van der Waals surface area contributed by atoms with E-state index in [1.54, 1.807) is 28.6 Å². The molecule has 1 aromatic carbocycles. The number of hydrogen-bond acceptors (Lipinski definition) is 8. The maximum atomic E-state index is 13.0. The van der Waals surface area contributed by atoms with Gasteiger partial charge in [-0.15, -0.1) is 5.10 Å². The highest BCUT2D eigenvalue weighted by molar-refractivity contribution is 7.89. The van der Waals surface area contributed by atoms with Gasteiger partial charge in [0.1, 0.15) is 0 Å². The highest BCUT2D eigenvalue weighted by atomic mass is 32.2. The third-order valence-electron chi connectivity index (χ3n) is 5.79. The van der Waals surface area contributed by atoms with Crippen LogP contribution < -0.4 is 0 Å². The molecule has 0 N–H and O–H groups in total. The van der Waals surface area contributed by atoms with Gasteiger partial charge >= 0.3 is 5.97 Å². The van der Waals surface area contributed by atoms with Gasteiger partial charge in [0.25, 0.3) is 0 Å². The molecule has 12 heteroatoms. The van der Waals surface area contributed by atoms with Gasteiger partial charge < -0.3 is 9.64 Å². The number of carbonyl (C=O) groups excluding carboxylic acids is 2. The second kappa shape index (κ2) is 11.5. The van der Waals surface area contributed by atoms with Gasteiger partial charge in [0.05, 0.1) is 11.3 Å². The van der Waals surface area contributed by atoms with E-state index in [1.807, 2.05) is 13.0 Å². The summed E-state index contributed by atoms with van der Waals surface area (Å²) in [6.07, 6.45) is 1.85. The van der Waals surface area contributed by atoms with E-state index in [0.29, 0.717) is 22.8 Å². The summed E-state index contributed by atoms with van der Waals surface area (Å²) in [6, 6.07) is 5.35. The van der Waals surface area contributed by atoms with E-state index in [9.17, 15) is 18.0 Å². The molecule has 186 valence electrons. The maximum Gasteiger partial charge on any atom is 0.306 e. The minimum absolute atomic E-state index is 0.00332. The summed E-state index contributed by atoms with van der Waals surface area (Å²) in [4.78, 5) is 26.5. The fraction of sp³-hybridized carbons (Fsp3) is 0.591. The van der Waals surface area contributed by atoms with Crippen LogP contribution in [0.1, 0.15) is 49.6 Å². The van der Waals surface area contributed by atoms with E-state index in [0.717, 1.165) is 18.4 Å². The summed E-state index contributed by atoms with van der Waals surface area (Å²) < 4.78 is 34.3. The van der Waals surface area contributed by atoms with Crippen LogP contribution in [0.4, 0.5) is 0 Å². The van der Waals surface area contributed by atoms with Crippen molar-refractivity contribution in [3.05, 3.63) is 35.2 Å². The molecule has 1 fully saturated rings. The topological polar surface area (TPSA) is 128 Å². The number of tetrazole rings is 1. The SMILES string of the molecule is CCCCn1nnnc1COC(=O)CCC(=O)N1CCN(S(=O)(=O)c2cc(C)ccc2C)CC1. The Balaban J connectivity index is 1.44. The Hall–Kier alpha value is -2.86. The first kappa shape index (κ1) is 25.8. The van der Waals surface area contributed by atoms with E-state index in [4.69, 9.17) is 4.74 Å². The van der Waals surface area contributed by atoms with Crippen LogP contribution in [0.15, 0.2) is 23.1 Å². The van der Waals surface area contributed by atoms with E-state index in [-0.39, 0.29) is 51.5 Å². The molecular formula is C22H32N6O5S. The number of esters is 1. The number of benzene rings is 1. The van der Waals surface area contributed by atoms with E-state index in [1.165, 1.54) is 4.31 Å². The zero-order chi connectivity index (χ0) is 24.7. The molecule has 0 unspecified atom stereocenters. The van der Waals surface area contributed by atoms with Crippen LogP contribution in [0.3, 0.4) is 0 Å². The minimum Gasteiger partial charge on any atom is -0.457 e. The fourth-order valence-corrected chi connectivity index (χ4v) is 5.43. The molecular weight excluding hydrogens is 460 g/mol. The van der Waals surface area contributed by atoms with Crippen LogP contribution in [-0.4, -0.2) is 75.9 Å². The highest BCUT2D eigenvalue weighted by Gasteiger charge is 2.31. The molecule has 0 aliphatic carbocycles. The smallest absolute Gasteiger partial charge is 0.306 e. The second-order valence-corrected chi connectivity index (χ2v) is 10.3. The van der Waals surface area contributed by atoms with Gasteiger partial charge in [-0.25, -0.2) is 13.1 Å². The van der Waals surface area contributed by atoms with Gasteiger partial charge in [-0.3, -0.25) is 9.59 Å². The van der Waals surface area contributed by atoms with E-state index in [2.05, 4.69) is 22.4 Å². The molecule has 0 spiro atoms. The Morgan fingerprint density at radius 2 is 1.82 bits per heavy atom. The lowest BCUT2D eigenvalue weighted by molar-refractivity contribution is -0.147. The summed E-state index contributed by atoms with van der Waals surface area (Å²) >= 11 is 0. The zero-order valence-electron chi connectivity index (χ0n) is 19.9. The summed E-state index contributed by atoms with van der Waals surface area (Å²) in [5, 5.41) is 11.3. The first-order valence-electron chi connectivity index (χ1n) is 11.5. The van der Waals surface area contributed by atoms with Crippen LogP contribution in [0.25, 0.3) is 0 Å². The van der Waals surface area contributed by atoms with Crippen molar-refractivity contribution < 1.29 is 22.7 Å². The number of rotatable bonds is 10. The number of aromatic nitrogens is 4. The van der Waals surface area contributed by atoms with E-state index < -0.39 is 16.0 Å². The predicted molar refractivity (Wildman–Crippen MR) is 123 cm³/mol. The van der Waals surface area contributed by atoms with Gasteiger partial charge in [0, 0.05) is 39.1 Å². The lowest BCUT2D eigenvalue weighted by Gasteiger charge is -2.34. The Labute approximate surface area is 200 Å². The number of carbonyl (C=O) groups is 2. The second-order valence-electron chi connectivity index (χ2n) is 8.39. The number of unbranched alkanes of at least 4 members (excludes halogenated alkanes) is 1. The average Bonchev–Trinajstić information content (AvgIpc) is 3.28. The van der Waals surface area contributed by atoms with Gasteiger partial charge in [0.15, 0.2) is 12.4 Å². The molecule has 0 bridgehead atoms. The third kappa shape index (κ3) is 6.38. The number of ether oxygens (including phenoxy) is 1. The Morgan fingerprint density at radius 1 is 1.09 bits per heavy atom. The molecule has 0 atom stereocenters. The lowest BCUT2D eigenvalue weighted by atomic mass is 10.2. The van der Waals surface area contributed by atoms with Crippen molar-refractivity contribution in [1.82, 2.24) is 29.4 Å². The van der Waals surface area contributed by atoms with Crippen LogP contribution >= 0.6 is 0 Å². The molecule has 2 heterocycles. The summed E-state index contributed by atoms with van der Waals surface area (Å²) in [5.74, 6) is -0.239. The molecule has 0 saturated carbocycles. The van der Waals surface area contributed by atoms with Crippen molar-refractivity contribution >= 4 is 21.9 Å². The average molecular weight is 493 g/mol. The maximum absolute atomic E-state index is 13.0. The van der Waals surface area contributed by atoms with Crippen LogP contribution in [-0.2, 0) is 37.5 Å². The van der Waals surface area contributed by atoms with Crippen LogP contribution in [0.2, 0.25) is 0 Å². The number of sulfonamides is 1. The van der Waals surface area contributed by atoms with Gasteiger partial charge in [0.2, 0.25) is 15.9 Å². The Bertz CT molecular complexity index is 1110. The molecule has 1 saturated heterocycles. The first-order valence-corrected chi connectivity index (χ1v) is 12.9. The van der Waals surface area contributed by atoms with Crippen molar-refractivity contribution in [3.8, 4) is 0 Å². The normalized spacial score (nSPS) is 14.9. The number of piperazine rings is 1. The molecule has 1 aromatic heterocycles. The molecule has 1 aliphatic heterocycles. The molecule has 11 nitrogen and oxygen atoms in total. The molecule has 0 radical (unpaired) electrons. The Morgan fingerprint density at radius 3 is 2.53 bits per heavy atom. The summed E-state index contributed by atoms with van der Waals surface area (Å²) in [6.45, 7) is 7.29. The largest absolute Gasteiger partial charge is 0.457 e. The molecule has 1 aliphatic rings. The van der Waals surface area contributed by atoms with Crippen molar-refractivity contribution in [2.45, 2.75) is 64.5 Å². The van der Waals surface area contributed by atoms with Crippen molar-refractivity contribution in [2.75, 3.05) is 26.2 Å². The number of amides is 1. The van der Waals surface area contributed by atoms with Gasteiger partial charge in [-0.2, -0.15) is 4.31 Å². The van der Waals surface area contributed by atoms with Gasteiger partial charge in [-0.05, 0) is 47.9 Å². The monoisotopic (exact) mass is 492 g/mol. The van der Waals surface area contributed by atoms with E-state index >= 15 is 0 Å². The first-order chi connectivity index (χ1) is 16.2. The summed E-state index contributed by atoms with van der Waals surface area (Å²) in [7, 11) is -3.63. The minimum atomic E-state index is -3.63. The molecule has 3 rings (SSSR count). The third-order valence-corrected chi connectivity index (χ3v) is 7.83.